The smallest absolute Gasteiger partial charge is 0.335 e. The van der Waals surface area contributed by atoms with Crippen molar-refractivity contribution in [1.29, 1.82) is 0 Å². The highest BCUT2D eigenvalue weighted by Gasteiger charge is 2.31. The van der Waals surface area contributed by atoms with Crippen LogP contribution in [0.2, 0.25) is 0 Å². The van der Waals surface area contributed by atoms with Crippen LogP contribution in [0.5, 0.6) is 0 Å². The van der Waals surface area contributed by atoms with Gasteiger partial charge in [-0.15, -0.1) is 0 Å². The Morgan fingerprint density at radius 2 is 1.64 bits per heavy atom. The molecule has 45 heavy (non-hydrogen) atoms. The maximum absolute atomic E-state index is 13.6. The molecular formula is C34H37FN2O7S. The maximum atomic E-state index is 13.6. The van der Waals surface area contributed by atoms with Crippen molar-refractivity contribution >= 4 is 40.5 Å². The van der Waals surface area contributed by atoms with Gasteiger partial charge in [0.15, 0.2) is 0 Å². The van der Waals surface area contributed by atoms with E-state index in [4.69, 9.17) is 23.7 Å². The number of fused-ring (bicyclic) bond motifs is 1. The Bertz CT molecular complexity index is 1600. The van der Waals surface area contributed by atoms with E-state index in [0.717, 1.165) is 29.5 Å². The Hall–Kier alpha value is -3.90. The van der Waals surface area contributed by atoms with E-state index in [2.05, 4.69) is 15.7 Å². The average molecular weight is 637 g/mol. The number of nitrogens with zero attached hydrogens (tertiary/aromatic N) is 1. The molecular weight excluding hydrogens is 599 g/mol. The maximum Gasteiger partial charge on any atom is 0.335 e. The van der Waals surface area contributed by atoms with Crippen LogP contribution in [-0.2, 0) is 20.8 Å². The molecule has 1 heterocycles. The van der Waals surface area contributed by atoms with Crippen LogP contribution in [0.3, 0.4) is 0 Å². The van der Waals surface area contributed by atoms with Gasteiger partial charge in [0.25, 0.3) is 5.91 Å². The van der Waals surface area contributed by atoms with Crippen LogP contribution in [0.1, 0.15) is 50.6 Å². The summed E-state index contributed by atoms with van der Waals surface area (Å²) in [4.78, 5) is 23.9. The Morgan fingerprint density at radius 3 is 2.27 bits per heavy atom. The van der Waals surface area contributed by atoms with E-state index in [0.29, 0.717) is 74.6 Å². The van der Waals surface area contributed by atoms with E-state index in [1.54, 1.807) is 55.4 Å². The van der Waals surface area contributed by atoms with Gasteiger partial charge in [-0.2, -0.15) is 0 Å². The molecule has 1 aromatic heterocycles. The second-order valence-electron chi connectivity index (χ2n) is 10.6. The summed E-state index contributed by atoms with van der Waals surface area (Å²) in [6.45, 7) is 3.27. The highest BCUT2D eigenvalue weighted by atomic mass is 32.2. The van der Waals surface area contributed by atoms with Gasteiger partial charge in [-0.1, -0.05) is 24.1 Å². The summed E-state index contributed by atoms with van der Waals surface area (Å²) >= 11 is 1.60. The van der Waals surface area contributed by atoms with Gasteiger partial charge in [0.05, 0.1) is 63.0 Å². The molecule has 2 N–H and O–H groups in total. The highest BCUT2D eigenvalue weighted by Crippen LogP contribution is 2.48. The van der Waals surface area contributed by atoms with Crippen LogP contribution in [0.25, 0.3) is 22.3 Å². The van der Waals surface area contributed by atoms with Crippen molar-refractivity contribution in [2.45, 2.75) is 25.4 Å². The van der Waals surface area contributed by atoms with Crippen LogP contribution in [0.15, 0.2) is 65.1 Å². The normalized spacial score (nSPS) is 12.9. The molecule has 0 radical (unpaired) electrons. The molecule has 238 valence electrons. The lowest BCUT2D eigenvalue weighted by atomic mass is 10.0. The third-order valence-electron chi connectivity index (χ3n) is 7.56. The van der Waals surface area contributed by atoms with Gasteiger partial charge >= 0.3 is 5.97 Å². The first-order valence-corrected chi connectivity index (χ1v) is 16.0. The number of hydrogen-bond acceptors (Lipinski definition) is 8. The zero-order chi connectivity index (χ0) is 31.8. The standard InChI is InChI=1S/C34H37FN2O7S/c1-36-33(38)31-28-19-27(23-7-8-23)29(20-30(28)44-32(31)24-9-11-26(35)12-10-24)37(45-2)13-14-41-15-16-42-17-18-43-21-22-3-5-25(6-4-22)34(39)40/h3-6,9-12,19-20,23H,7-8,13-18,21H2,1-2H3,(H,36,38)(H,39,40). The SMILES string of the molecule is CNC(=O)c1c(-c2ccc(F)cc2)oc2cc(N(CCOCCOCCOCc3ccc(C(=O)O)cc3)SC)c(C3CC3)cc12. The number of amides is 1. The van der Waals surface area contributed by atoms with E-state index < -0.39 is 5.97 Å². The Kier molecular flexibility index (Phi) is 11.1. The third-order valence-corrected chi connectivity index (χ3v) is 8.38. The molecule has 0 saturated heterocycles. The van der Waals surface area contributed by atoms with Crippen molar-refractivity contribution in [3.63, 3.8) is 0 Å². The summed E-state index contributed by atoms with van der Waals surface area (Å²) in [7, 11) is 1.59. The lowest BCUT2D eigenvalue weighted by Gasteiger charge is -2.24. The number of ether oxygens (including phenoxy) is 3. The number of carbonyl (C=O) groups excluding carboxylic acids is 1. The van der Waals surface area contributed by atoms with Crippen LogP contribution in [-0.4, -0.2) is 69.9 Å². The zero-order valence-corrected chi connectivity index (χ0v) is 26.2. The van der Waals surface area contributed by atoms with Gasteiger partial charge < -0.3 is 33.4 Å². The summed E-state index contributed by atoms with van der Waals surface area (Å²) in [6, 6.07) is 16.6. The van der Waals surface area contributed by atoms with Gasteiger partial charge in [0.2, 0.25) is 0 Å². The summed E-state index contributed by atoms with van der Waals surface area (Å²) in [6.07, 6.45) is 4.20. The van der Waals surface area contributed by atoms with Crippen molar-refractivity contribution < 1.29 is 37.7 Å². The number of benzene rings is 3. The number of aromatic carboxylic acids is 1. The Balaban J connectivity index is 1.14. The summed E-state index contributed by atoms with van der Waals surface area (Å²) in [5, 5.41) is 12.4. The van der Waals surface area contributed by atoms with Crippen molar-refractivity contribution in [1.82, 2.24) is 5.32 Å². The molecule has 0 atom stereocenters. The molecule has 5 rings (SSSR count). The Labute approximate surface area is 265 Å². The zero-order valence-electron chi connectivity index (χ0n) is 25.3. The van der Waals surface area contributed by atoms with Crippen molar-refractivity contribution in [2.75, 3.05) is 57.2 Å². The largest absolute Gasteiger partial charge is 0.478 e. The number of carboxylic acids is 1. The molecule has 0 unspecified atom stereocenters. The number of halogens is 1. The van der Waals surface area contributed by atoms with E-state index in [9.17, 15) is 14.0 Å². The highest BCUT2D eigenvalue weighted by molar-refractivity contribution is 7.99. The lowest BCUT2D eigenvalue weighted by Crippen LogP contribution is -2.22. The first kappa shape index (κ1) is 32.5. The minimum Gasteiger partial charge on any atom is -0.478 e. The fourth-order valence-electron chi connectivity index (χ4n) is 5.07. The van der Waals surface area contributed by atoms with E-state index in [-0.39, 0.29) is 17.3 Å². The molecule has 3 aromatic carbocycles. The molecule has 9 nitrogen and oxygen atoms in total. The summed E-state index contributed by atoms with van der Waals surface area (Å²) in [5.74, 6) is -0.720. The molecule has 0 bridgehead atoms. The molecule has 0 aliphatic heterocycles. The van der Waals surface area contributed by atoms with Crippen molar-refractivity contribution in [2.24, 2.45) is 0 Å². The first-order valence-electron chi connectivity index (χ1n) is 14.8. The van der Waals surface area contributed by atoms with Gasteiger partial charge in [0, 0.05) is 30.3 Å². The summed E-state index contributed by atoms with van der Waals surface area (Å²) < 4.78 is 39.2. The lowest BCUT2D eigenvalue weighted by molar-refractivity contribution is 0.0121. The molecule has 11 heteroatoms. The molecule has 0 spiro atoms. The fourth-order valence-corrected chi connectivity index (χ4v) is 5.68. The number of nitrogens with one attached hydrogen (secondary N) is 1. The second kappa shape index (κ2) is 15.4. The van der Waals surface area contributed by atoms with Crippen LogP contribution >= 0.6 is 11.9 Å². The third kappa shape index (κ3) is 8.23. The van der Waals surface area contributed by atoms with Gasteiger partial charge in [-0.05, 0) is 72.4 Å². The quantitative estimate of drug-likeness (QED) is 0.0990. The predicted octanol–water partition coefficient (Wildman–Crippen LogP) is 6.51. The molecule has 1 aliphatic rings. The van der Waals surface area contributed by atoms with Crippen LogP contribution < -0.4 is 9.62 Å². The van der Waals surface area contributed by atoms with E-state index >= 15 is 0 Å². The first-order chi connectivity index (χ1) is 21.9. The van der Waals surface area contributed by atoms with E-state index in [1.165, 1.54) is 17.7 Å². The van der Waals surface area contributed by atoms with E-state index in [1.807, 2.05) is 12.3 Å². The number of furan rings is 1. The van der Waals surface area contributed by atoms with Crippen LogP contribution in [0, 0.1) is 5.82 Å². The number of carboxylic acid groups (broad SMARTS) is 1. The number of anilines is 1. The summed E-state index contributed by atoms with van der Waals surface area (Å²) in [5.41, 5.74) is 5.05. The fraction of sp³-hybridized carbons (Fsp3) is 0.353. The average Bonchev–Trinajstić information content (AvgIpc) is 3.83. The number of hydrogen-bond donors (Lipinski definition) is 2. The minimum atomic E-state index is -0.951. The second-order valence-corrected chi connectivity index (χ2v) is 11.4. The van der Waals surface area contributed by atoms with Gasteiger partial charge in [0.1, 0.15) is 17.2 Å². The number of carbonyl (C=O) groups is 2. The van der Waals surface area contributed by atoms with Crippen molar-refractivity contribution in [3.8, 4) is 11.3 Å². The van der Waals surface area contributed by atoms with Crippen LogP contribution in [0.4, 0.5) is 10.1 Å². The van der Waals surface area contributed by atoms with Crippen molar-refractivity contribution in [3.05, 3.63) is 88.7 Å². The Morgan fingerprint density at radius 1 is 0.978 bits per heavy atom. The monoisotopic (exact) mass is 636 g/mol. The topological polar surface area (TPSA) is 110 Å². The van der Waals surface area contributed by atoms with Gasteiger partial charge in [-0.3, -0.25) is 4.79 Å². The molecule has 4 aromatic rings. The van der Waals surface area contributed by atoms with Gasteiger partial charge in [-0.25, -0.2) is 9.18 Å². The molecule has 1 saturated carbocycles. The minimum absolute atomic E-state index is 0.248. The number of rotatable bonds is 17. The molecule has 1 amide bonds. The molecule has 1 fully saturated rings. The molecule has 1 aliphatic carbocycles. The predicted molar refractivity (Wildman–Crippen MR) is 173 cm³/mol.